The maximum atomic E-state index is 9.35. The van der Waals surface area contributed by atoms with Crippen LogP contribution in [0.4, 0.5) is 0 Å². The zero-order valence-corrected chi connectivity index (χ0v) is 10.9. The van der Waals surface area contributed by atoms with Gasteiger partial charge in [0.25, 0.3) is 0 Å². The Hall–Kier alpha value is -1.33. The van der Waals surface area contributed by atoms with Crippen LogP contribution < -0.4 is 0 Å². The van der Waals surface area contributed by atoms with Crippen molar-refractivity contribution in [3.63, 3.8) is 0 Å². The third kappa shape index (κ3) is 3.58. The summed E-state index contributed by atoms with van der Waals surface area (Å²) in [5, 5.41) is 9.35. The maximum Gasteiger partial charge on any atom is 0.0691 e. The largest absolute Gasteiger partial charge is 0.381 e. The summed E-state index contributed by atoms with van der Waals surface area (Å²) in [6, 6.07) is 13.1. The van der Waals surface area contributed by atoms with Gasteiger partial charge in [-0.2, -0.15) is 5.26 Å². The Morgan fingerprint density at radius 2 is 1.83 bits per heavy atom. The van der Waals surface area contributed by atoms with Crippen molar-refractivity contribution in [3.8, 4) is 6.07 Å². The van der Waals surface area contributed by atoms with E-state index < -0.39 is 0 Å². The molecule has 2 rings (SSSR count). The minimum Gasteiger partial charge on any atom is -0.381 e. The number of hydrogen-bond acceptors (Lipinski definition) is 2. The molecular weight excluding hydrogens is 222 g/mol. The molecule has 1 aromatic rings. The minimum absolute atomic E-state index is 0.102. The SMILES string of the molecule is N#CC1(CCCCc2ccccc2)CCOCC1. The van der Waals surface area contributed by atoms with E-state index in [4.69, 9.17) is 4.74 Å². The number of hydrogen-bond donors (Lipinski definition) is 0. The highest BCUT2D eigenvalue weighted by Crippen LogP contribution is 2.35. The van der Waals surface area contributed by atoms with Crippen LogP contribution in [-0.4, -0.2) is 13.2 Å². The fraction of sp³-hybridized carbons (Fsp3) is 0.562. The number of aryl methyl sites for hydroxylation is 1. The molecule has 1 aliphatic rings. The van der Waals surface area contributed by atoms with Crippen LogP contribution in [0.5, 0.6) is 0 Å². The molecule has 1 aliphatic heterocycles. The van der Waals surface area contributed by atoms with Gasteiger partial charge in [-0.05, 0) is 37.7 Å². The zero-order valence-electron chi connectivity index (χ0n) is 10.9. The van der Waals surface area contributed by atoms with Crippen LogP contribution in [0.2, 0.25) is 0 Å². The van der Waals surface area contributed by atoms with E-state index in [-0.39, 0.29) is 5.41 Å². The Morgan fingerprint density at radius 1 is 1.11 bits per heavy atom. The Labute approximate surface area is 110 Å². The molecule has 96 valence electrons. The van der Waals surface area contributed by atoms with Crippen LogP contribution in [0, 0.1) is 16.7 Å². The molecule has 1 heterocycles. The fourth-order valence-corrected chi connectivity index (χ4v) is 2.62. The first-order valence-corrected chi connectivity index (χ1v) is 6.88. The summed E-state index contributed by atoms with van der Waals surface area (Å²) in [6.07, 6.45) is 6.29. The van der Waals surface area contributed by atoms with Crippen molar-refractivity contribution in [1.82, 2.24) is 0 Å². The van der Waals surface area contributed by atoms with E-state index in [0.29, 0.717) is 0 Å². The predicted octanol–water partition coefficient (Wildman–Crippen LogP) is 3.72. The summed E-state index contributed by atoms with van der Waals surface area (Å²) in [6.45, 7) is 1.51. The van der Waals surface area contributed by atoms with Crippen LogP contribution >= 0.6 is 0 Å². The molecule has 18 heavy (non-hydrogen) atoms. The molecule has 0 atom stereocenters. The summed E-state index contributed by atoms with van der Waals surface area (Å²) in [5.74, 6) is 0. The highest BCUT2D eigenvalue weighted by molar-refractivity contribution is 5.14. The lowest BCUT2D eigenvalue weighted by molar-refractivity contribution is 0.0359. The standard InChI is InChI=1S/C16H21NO/c17-14-16(10-12-18-13-11-16)9-5-4-8-15-6-2-1-3-7-15/h1-3,6-7H,4-5,8-13H2. The van der Waals surface area contributed by atoms with Crippen LogP contribution in [0.1, 0.15) is 37.7 Å². The second-order valence-electron chi connectivity index (χ2n) is 5.20. The summed E-state index contributed by atoms with van der Waals surface area (Å²) in [4.78, 5) is 0. The quantitative estimate of drug-likeness (QED) is 0.738. The van der Waals surface area contributed by atoms with Crippen molar-refractivity contribution in [2.75, 3.05) is 13.2 Å². The molecule has 0 unspecified atom stereocenters. The van der Waals surface area contributed by atoms with E-state index in [1.54, 1.807) is 0 Å². The lowest BCUT2D eigenvalue weighted by atomic mass is 9.77. The lowest BCUT2D eigenvalue weighted by Crippen LogP contribution is -2.28. The van der Waals surface area contributed by atoms with Gasteiger partial charge in [-0.15, -0.1) is 0 Å². The molecule has 2 heteroatoms. The highest BCUT2D eigenvalue weighted by atomic mass is 16.5. The first-order chi connectivity index (χ1) is 8.85. The van der Waals surface area contributed by atoms with Gasteiger partial charge in [-0.25, -0.2) is 0 Å². The molecule has 0 bridgehead atoms. The van der Waals surface area contributed by atoms with E-state index in [2.05, 4.69) is 36.4 Å². The normalized spacial score (nSPS) is 18.2. The van der Waals surface area contributed by atoms with Gasteiger partial charge in [0.1, 0.15) is 0 Å². The first-order valence-electron chi connectivity index (χ1n) is 6.88. The van der Waals surface area contributed by atoms with Gasteiger partial charge >= 0.3 is 0 Å². The molecule has 0 N–H and O–H groups in total. The van der Waals surface area contributed by atoms with Crippen molar-refractivity contribution in [2.24, 2.45) is 5.41 Å². The smallest absolute Gasteiger partial charge is 0.0691 e. The molecular formula is C16H21NO. The number of unbranched alkanes of at least 4 members (excludes halogenated alkanes) is 1. The van der Waals surface area contributed by atoms with Gasteiger partial charge < -0.3 is 4.74 Å². The van der Waals surface area contributed by atoms with Crippen LogP contribution in [0.15, 0.2) is 30.3 Å². The lowest BCUT2D eigenvalue weighted by Gasteiger charge is -2.30. The van der Waals surface area contributed by atoms with Crippen LogP contribution in [0.3, 0.4) is 0 Å². The van der Waals surface area contributed by atoms with Crippen molar-refractivity contribution >= 4 is 0 Å². The number of benzene rings is 1. The van der Waals surface area contributed by atoms with Gasteiger partial charge in [0.2, 0.25) is 0 Å². The topological polar surface area (TPSA) is 33.0 Å². The Bertz CT molecular complexity index is 387. The van der Waals surface area contributed by atoms with E-state index in [1.807, 2.05) is 0 Å². The van der Waals surface area contributed by atoms with Gasteiger partial charge in [0, 0.05) is 13.2 Å². The number of ether oxygens (including phenoxy) is 1. The number of nitriles is 1. The summed E-state index contributed by atoms with van der Waals surface area (Å²) >= 11 is 0. The van der Waals surface area contributed by atoms with Crippen molar-refractivity contribution in [1.29, 1.82) is 5.26 Å². The second-order valence-corrected chi connectivity index (χ2v) is 5.20. The Balaban J connectivity index is 1.73. The summed E-state index contributed by atoms with van der Waals surface area (Å²) in [7, 11) is 0. The monoisotopic (exact) mass is 243 g/mol. The average molecular weight is 243 g/mol. The predicted molar refractivity (Wildman–Crippen MR) is 72.1 cm³/mol. The van der Waals surface area contributed by atoms with Crippen LogP contribution in [0.25, 0.3) is 0 Å². The fourth-order valence-electron chi connectivity index (χ4n) is 2.62. The number of rotatable bonds is 5. The Kier molecular flexibility index (Phi) is 4.78. The van der Waals surface area contributed by atoms with Crippen molar-refractivity contribution < 1.29 is 4.74 Å². The number of nitrogens with zero attached hydrogens (tertiary/aromatic N) is 1. The van der Waals surface area contributed by atoms with E-state index in [0.717, 1.165) is 45.3 Å². The van der Waals surface area contributed by atoms with E-state index in [9.17, 15) is 5.26 Å². The molecule has 0 saturated carbocycles. The Morgan fingerprint density at radius 3 is 2.50 bits per heavy atom. The van der Waals surface area contributed by atoms with Gasteiger partial charge in [-0.1, -0.05) is 36.8 Å². The maximum absolute atomic E-state index is 9.35. The van der Waals surface area contributed by atoms with Gasteiger partial charge in [-0.3, -0.25) is 0 Å². The molecule has 0 spiro atoms. The molecule has 1 fully saturated rings. The molecule has 0 aliphatic carbocycles. The van der Waals surface area contributed by atoms with Crippen LogP contribution in [-0.2, 0) is 11.2 Å². The first kappa shape index (κ1) is 13.1. The van der Waals surface area contributed by atoms with E-state index in [1.165, 1.54) is 12.0 Å². The third-order valence-electron chi connectivity index (χ3n) is 3.90. The minimum atomic E-state index is -0.102. The average Bonchev–Trinajstić information content (AvgIpc) is 2.46. The third-order valence-corrected chi connectivity index (χ3v) is 3.90. The zero-order chi connectivity index (χ0) is 12.7. The van der Waals surface area contributed by atoms with Crippen molar-refractivity contribution in [2.45, 2.75) is 38.5 Å². The molecule has 0 radical (unpaired) electrons. The molecule has 0 aromatic heterocycles. The highest BCUT2D eigenvalue weighted by Gasteiger charge is 2.31. The summed E-state index contributed by atoms with van der Waals surface area (Å²) < 4.78 is 5.35. The van der Waals surface area contributed by atoms with Crippen molar-refractivity contribution in [3.05, 3.63) is 35.9 Å². The molecule has 0 amide bonds. The van der Waals surface area contributed by atoms with Gasteiger partial charge in [0.15, 0.2) is 0 Å². The molecule has 1 aromatic carbocycles. The van der Waals surface area contributed by atoms with Gasteiger partial charge in [0.05, 0.1) is 11.5 Å². The van der Waals surface area contributed by atoms with E-state index >= 15 is 0 Å². The molecule has 2 nitrogen and oxygen atoms in total. The second kappa shape index (κ2) is 6.56. The summed E-state index contributed by atoms with van der Waals surface area (Å²) in [5.41, 5.74) is 1.30. The molecule has 1 saturated heterocycles.